The molecule has 1 aliphatic carbocycles. The van der Waals surface area contributed by atoms with Crippen LogP contribution in [-0.4, -0.2) is 0 Å². The highest BCUT2D eigenvalue weighted by molar-refractivity contribution is 5.72. The smallest absolute Gasteiger partial charge is 0.0340 e. The Hall–Kier alpha value is -10.9. The number of benzene rings is 14. The Morgan fingerprint density at radius 1 is 0.149 bits per heavy atom. The van der Waals surface area contributed by atoms with Gasteiger partial charge in [0.05, 0.1) is 0 Å². The molecule has 114 heavy (non-hydrogen) atoms. The maximum Gasteiger partial charge on any atom is 0.0340 e. The number of rotatable bonds is 12. The summed E-state index contributed by atoms with van der Waals surface area (Å²) >= 11 is 0. The van der Waals surface area contributed by atoms with Crippen molar-refractivity contribution in [2.24, 2.45) is 0 Å². The molecule has 14 aromatic rings. The zero-order valence-corrected chi connectivity index (χ0v) is 70.8. The van der Waals surface area contributed by atoms with Crippen LogP contribution in [-0.2, 0) is 32.5 Å². The Morgan fingerprint density at radius 2 is 0.342 bits per heavy atom. The van der Waals surface area contributed by atoms with Gasteiger partial charge < -0.3 is 0 Å². The molecule has 4 unspecified atom stereocenters. The Kier molecular flexibility index (Phi) is 21.4. The van der Waals surface area contributed by atoms with Gasteiger partial charge in [-0.05, 0) is 188 Å². The largest absolute Gasteiger partial charge is 0.0622 e. The standard InChI is InChI=1S/C114H116/c1-109(2,3)97-47-27-41-85(69-97)103(77-33-21-19-22-34-77)79-57-53-75(54-58-79)91-63-93-67-95(65-91)108(90-46-32-52-102(74-90)114(16,17)18)96-66-92(76-55-59-80(60-56-76)104(78-35-23-20-24-36-78)86-42-28-48-98(70-86)110(4,5)6)64-94(68-96)107(89-45-31-51-101(73-89)113(13,14)15)84-40-26-38-82(62-84)105(87-43-29-49-99(71-87)111(7,8)9)81-37-25-39-83(61-81)106(93)88-44-30-50-100(72-88)112(10,11)12/h19-74,103-108H,1-18H3. The maximum atomic E-state index is 2.63. The topological polar surface area (TPSA) is 0 Å². The molecule has 1 aliphatic rings. The average molecular weight is 1490 g/mol. The summed E-state index contributed by atoms with van der Waals surface area (Å²) in [6.45, 7) is 42.2. The molecule has 0 heterocycles. The second kappa shape index (κ2) is 31.1. The lowest BCUT2D eigenvalue weighted by molar-refractivity contribution is 0.588. The minimum absolute atomic E-state index is 0.00925. The summed E-state index contributed by atoms with van der Waals surface area (Å²) < 4.78 is 0. The lowest BCUT2D eigenvalue weighted by atomic mass is 9.74. The molecule has 4 atom stereocenters. The van der Waals surface area contributed by atoms with E-state index in [0.717, 1.165) is 0 Å². The summed E-state index contributed by atoms with van der Waals surface area (Å²) in [5.74, 6) is -0.670. The van der Waals surface area contributed by atoms with Crippen LogP contribution in [0.2, 0.25) is 0 Å². The van der Waals surface area contributed by atoms with Crippen molar-refractivity contribution in [3.63, 3.8) is 0 Å². The molecule has 0 aromatic heterocycles. The molecule has 8 bridgehead atoms. The molecule has 0 saturated heterocycles. The van der Waals surface area contributed by atoms with E-state index in [2.05, 4.69) is 464 Å². The molecule has 0 nitrogen and oxygen atoms in total. The van der Waals surface area contributed by atoms with Crippen LogP contribution in [0.4, 0.5) is 0 Å². The lowest BCUT2D eigenvalue weighted by Gasteiger charge is -2.30. The molecule has 0 saturated carbocycles. The molecule has 0 aliphatic heterocycles. The van der Waals surface area contributed by atoms with Crippen molar-refractivity contribution in [2.75, 3.05) is 0 Å². The monoisotopic (exact) mass is 1480 g/mol. The Bertz CT molecular complexity index is 5440. The SMILES string of the molecule is CC(C)(C)c1cccc(C(c2ccccc2)c2ccc(-c3cc4cc(c3)C(c3cccc(C(C)(C)C)c3)c3cc(-c5ccc(C(c6ccccc6)c6cccc(C(C)(C)C)c6)cc5)cc(c3)C(c3cccc(C(C)(C)C)c3)c3cccc(c3)C(c3cccc(C(C)(C)C)c3)c3cccc(c3)C4c3cccc(C(C)(C)C)c3)cc2)c1. The van der Waals surface area contributed by atoms with Crippen molar-refractivity contribution in [2.45, 2.75) is 193 Å². The third-order valence-electron chi connectivity index (χ3n) is 24.4. The van der Waals surface area contributed by atoms with Crippen molar-refractivity contribution in [1.29, 1.82) is 0 Å². The van der Waals surface area contributed by atoms with E-state index >= 15 is 0 Å². The van der Waals surface area contributed by atoms with Gasteiger partial charge >= 0.3 is 0 Å². The summed E-state index contributed by atoms with van der Waals surface area (Å²) in [6, 6.07) is 134. The van der Waals surface area contributed by atoms with Gasteiger partial charge in [0.25, 0.3) is 0 Å². The third-order valence-corrected chi connectivity index (χ3v) is 24.4. The van der Waals surface area contributed by atoms with Gasteiger partial charge in [-0.1, -0.05) is 464 Å². The molecular formula is C114H116. The average Bonchev–Trinajstić information content (AvgIpc) is 0.749. The van der Waals surface area contributed by atoms with Crippen LogP contribution in [0.25, 0.3) is 22.3 Å². The summed E-state index contributed by atoms with van der Waals surface area (Å²) in [7, 11) is 0. The highest BCUT2D eigenvalue weighted by Gasteiger charge is 2.33. The predicted molar refractivity (Wildman–Crippen MR) is 486 cm³/mol. The maximum absolute atomic E-state index is 2.63. The minimum atomic E-state index is -0.244. The molecule has 0 radical (unpaired) electrons. The third kappa shape index (κ3) is 16.9. The van der Waals surface area contributed by atoms with Crippen LogP contribution in [0, 0.1) is 0 Å². The first-order chi connectivity index (χ1) is 54.3. The van der Waals surface area contributed by atoms with E-state index in [4.69, 9.17) is 0 Å². The lowest BCUT2D eigenvalue weighted by Crippen LogP contribution is -2.15. The Labute approximate surface area is 683 Å². The summed E-state index contributed by atoms with van der Waals surface area (Å²) in [5, 5.41) is 0. The molecule has 572 valence electrons. The quantitative estimate of drug-likeness (QED) is 0.107. The fraction of sp³-hybridized carbons (Fsp3) is 0.263. The molecule has 14 aromatic carbocycles. The van der Waals surface area contributed by atoms with Gasteiger partial charge in [0, 0.05) is 35.5 Å². The zero-order valence-electron chi connectivity index (χ0n) is 70.8. The van der Waals surface area contributed by atoms with Gasteiger partial charge in [0.15, 0.2) is 0 Å². The van der Waals surface area contributed by atoms with Gasteiger partial charge in [-0.3, -0.25) is 0 Å². The molecule has 0 N–H and O–H groups in total. The first-order valence-electron chi connectivity index (χ1n) is 41.7. The van der Waals surface area contributed by atoms with E-state index in [1.165, 1.54) is 156 Å². The fourth-order valence-corrected chi connectivity index (χ4v) is 17.8. The number of hydrogen-bond acceptors (Lipinski definition) is 0. The highest BCUT2D eigenvalue weighted by atomic mass is 14.4. The van der Waals surface area contributed by atoms with E-state index in [9.17, 15) is 0 Å². The van der Waals surface area contributed by atoms with E-state index in [0.29, 0.717) is 0 Å². The molecule has 0 fully saturated rings. The van der Waals surface area contributed by atoms with Crippen LogP contribution in [0.3, 0.4) is 0 Å². The predicted octanol–water partition coefficient (Wildman–Crippen LogP) is 30.2. The molecule has 0 amide bonds. The molecule has 0 spiro atoms. The molecular weight excluding hydrogens is 1370 g/mol. The Balaban J connectivity index is 1.05. The van der Waals surface area contributed by atoms with Gasteiger partial charge in [-0.2, -0.15) is 0 Å². The fourth-order valence-electron chi connectivity index (χ4n) is 17.8. The first kappa shape index (κ1) is 78.4. The van der Waals surface area contributed by atoms with Crippen molar-refractivity contribution in [3.05, 3.63) is 473 Å². The van der Waals surface area contributed by atoms with Gasteiger partial charge in [0.2, 0.25) is 0 Å². The van der Waals surface area contributed by atoms with Gasteiger partial charge in [0.1, 0.15) is 0 Å². The van der Waals surface area contributed by atoms with Crippen LogP contribution in [0.15, 0.2) is 340 Å². The van der Waals surface area contributed by atoms with Gasteiger partial charge in [-0.25, -0.2) is 0 Å². The van der Waals surface area contributed by atoms with Gasteiger partial charge in [-0.15, -0.1) is 0 Å². The van der Waals surface area contributed by atoms with Crippen LogP contribution < -0.4 is 0 Å². The number of hydrogen-bond donors (Lipinski definition) is 0. The summed E-state index contributed by atoms with van der Waals surface area (Å²) in [4.78, 5) is 0. The van der Waals surface area contributed by atoms with Crippen LogP contribution in [0.5, 0.6) is 0 Å². The van der Waals surface area contributed by atoms with Crippen molar-refractivity contribution < 1.29 is 0 Å². The molecule has 15 rings (SSSR count). The summed E-state index contributed by atoms with van der Waals surface area (Å²) in [6.07, 6.45) is 0. The second-order valence-corrected chi connectivity index (χ2v) is 39.0. The molecule has 0 heteroatoms. The highest BCUT2D eigenvalue weighted by Crippen LogP contribution is 2.49. The first-order valence-corrected chi connectivity index (χ1v) is 41.7. The van der Waals surface area contributed by atoms with Crippen LogP contribution in [0.1, 0.15) is 294 Å². The Morgan fingerprint density at radius 3 is 0.605 bits per heavy atom. The zero-order chi connectivity index (χ0) is 80.2. The van der Waals surface area contributed by atoms with E-state index in [1.54, 1.807) is 0 Å². The van der Waals surface area contributed by atoms with Crippen LogP contribution >= 0.6 is 0 Å². The van der Waals surface area contributed by atoms with E-state index in [1.807, 2.05) is 0 Å². The number of fused-ring (bicyclic) bond motifs is 8. The van der Waals surface area contributed by atoms with E-state index in [-0.39, 0.29) is 68.0 Å². The van der Waals surface area contributed by atoms with Crippen molar-refractivity contribution in [3.8, 4) is 22.3 Å². The van der Waals surface area contributed by atoms with Crippen molar-refractivity contribution >= 4 is 0 Å². The van der Waals surface area contributed by atoms with Crippen molar-refractivity contribution in [1.82, 2.24) is 0 Å². The second-order valence-electron chi connectivity index (χ2n) is 39.0. The van der Waals surface area contributed by atoms with E-state index < -0.39 is 0 Å². The summed E-state index contributed by atoms with van der Waals surface area (Å²) in [5.41, 5.74) is 35.0. The normalized spacial score (nSPS) is 16.1. The minimum Gasteiger partial charge on any atom is -0.0622 e.